The van der Waals surface area contributed by atoms with Crippen molar-refractivity contribution in [2.24, 2.45) is 0 Å². The van der Waals surface area contributed by atoms with Crippen molar-refractivity contribution in [1.29, 1.82) is 0 Å². The van der Waals surface area contributed by atoms with Crippen molar-refractivity contribution >= 4 is 16.9 Å². The van der Waals surface area contributed by atoms with Gasteiger partial charge in [0.25, 0.3) is 5.91 Å². The summed E-state index contributed by atoms with van der Waals surface area (Å²) in [6.45, 7) is 9.70. The molecule has 6 heteroatoms. The summed E-state index contributed by atoms with van der Waals surface area (Å²) in [7, 11) is 2.11. The predicted octanol–water partition coefficient (Wildman–Crippen LogP) is 3.77. The predicted molar refractivity (Wildman–Crippen MR) is 116 cm³/mol. The molecule has 0 radical (unpaired) electrons. The summed E-state index contributed by atoms with van der Waals surface area (Å²) in [5.74, 6) is 0.0749. The summed E-state index contributed by atoms with van der Waals surface area (Å²) in [5, 5.41) is 5.38. The Morgan fingerprint density at radius 1 is 1.10 bits per heavy atom. The van der Waals surface area contributed by atoms with Crippen molar-refractivity contribution < 1.29 is 4.79 Å². The summed E-state index contributed by atoms with van der Waals surface area (Å²) in [4.78, 5) is 22.8. The number of hydrogen-bond acceptors (Lipinski definition) is 4. The highest BCUT2D eigenvalue weighted by molar-refractivity contribution is 6.06. The largest absolute Gasteiger partial charge is 0.337 e. The zero-order valence-electron chi connectivity index (χ0n) is 17.7. The Kier molecular flexibility index (Phi) is 5.37. The highest BCUT2D eigenvalue weighted by atomic mass is 16.2. The maximum atomic E-state index is 13.6. The van der Waals surface area contributed by atoms with Crippen molar-refractivity contribution in [3.63, 3.8) is 0 Å². The SMILES string of the molecule is Cc1ccccc1-c1cc(C(=O)N2CCCN(C)CC2)c2cnn(C(C)C)c2n1. The average Bonchev–Trinajstić information content (AvgIpc) is 3.02. The van der Waals surface area contributed by atoms with Crippen LogP contribution in [0.15, 0.2) is 36.5 Å². The second-order valence-electron chi connectivity index (χ2n) is 8.24. The molecular weight excluding hydrogens is 362 g/mol. The lowest BCUT2D eigenvalue weighted by molar-refractivity contribution is 0.0764. The van der Waals surface area contributed by atoms with Crippen LogP contribution in [0.25, 0.3) is 22.3 Å². The van der Waals surface area contributed by atoms with Gasteiger partial charge in [-0.3, -0.25) is 4.79 Å². The highest BCUT2D eigenvalue weighted by Crippen LogP contribution is 2.29. The van der Waals surface area contributed by atoms with Crippen LogP contribution in [0, 0.1) is 6.92 Å². The maximum Gasteiger partial charge on any atom is 0.254 e. The first-order valence-electron chi connectivity index (χ1n) is 10.4. The molecular formula is C23H29N5O. The van der Waals surface area contributed by atoms with E-state index in [0.29, 0.717) is 5.56 Å². The van der Waals surface area contributed by atoms with E-state index in [2.05, 4.69) is 50.0 Å². The zero-order chi connectivity index (χ0) is 20.5. The van der Waals surface area contributed by atoms with Gasteiger partial charge in [0, 0.05) is 31.2 Å². The molecule has 0 N–H and O–H groups in total. The molecule has 0 spiro atoms. The first-order valence-corrected chi connectivity index (χ1v) is 10.4. The van der Waals surface area contributed by atoms with E-state index in [-0.39, 0.29) is 11.9 Å². The van der Waals surface area contributed by atoms with Gasteiger partial charge >= 0.3 is 0 Å². The summed E-state index contributed by atoms with van der Waals surface area (Å²) in [6, 6.07) is 10.3. The number of hydrogen-bond donors (Lipinski definition) is 0. The Hall–Kier alpha value is -2.73. The van der Waals surface area contributed by atoms with Gasteiger partial charge in [-0.1, -0.05) is 24.3 Å². The van der Waals surface area contributed by atoms with Gasteiger partial charge in [0.1, 0.15) is 0 Å². The molecule has 1 aliphatic heterocycles. The minimum absolute atomic E-state index is 0.0749. The number of nitrogens with zero attached hydrogens (tertiary/aromatic N) is 5. The highest BCUT2D eigenvalue weighted by Gasteiger charge is 2.24. The lowest BCUT2D eigenvalue weighted by Gasteiger charge is -2.21. The Morgan fingerprint density at radius 2 is 1.90 bits per heavy atom. The van der Waals surface area contributed by atoms with Gasteiger partial charge in [-0.05, 0) is 52.4 Å². The van der Waals surface area contributed by atoms with Gasteiger partial charge in [0.05, 0.1) is 22.8 Å². The molecule has 2 aromatic heterocycles. The summed E-state index contributed by atoms with van der Waals surface area (Å²) in [5.41, 5.74) is 4.49. The fourth-order valence-electron chi connectivity index (χ4n) is 3.99. The molecule has 0 unspecified atom stereocenters. The molecule has 3 heterocycles. The fraction of sp³-hybridized carbons (Fsp3) is 0.435. The normalized spacial score (nSPS) is 15.8. The Balaban J connectivity index is 1.86. The molecule has 0 aliphatic carbocycles. The molecule has 152 valence electrons. The van der Waals surface area contributed by atoms with E-state index in [1.165, 1.54) is 0 Å². The number of likely N-dealkylation sites (N-methyl/N-ethyl adjacent to an activating group) is 1. The lowest BCUT2D eigenvalue weighted by Crippen LogP contribution is -2.34. The minimum Gasteiger partial charge on any atom is -0.337 e. The lowest BCUT2D eigenvalue weighted by atomic mass is 10.0. The number of aryl methyl sites for hydroxylation is 1. The first kappa shape index (κ1) is 19.6. The van der Waals surface area contributed by atoms with Crippen LogP contribution < -0.4 is 0 Å². The first-order chi connectivity index (χ1) is 14.0. The topological polar surface area (TPSA) is 54.3 Å². The molecule has 1 fully saturated rings. The number of amides is 1. The van der Waals surface area contributed by atoms with Crippen LogP contribution in [0.2, 0.25) is 0 Å². The molecule has 6 nitrogen and oxygen atoms in total. The van der Waals surface area contributed by atoms with Crippen LogP contribution in [0.1, 0.15) is 42.2 Å². The van der Waals surface area contributed by atoms with E-state index in [1.54, 1.807) is 6.20 Å². The molecule has 1 aliphatic rings. The van der Waals surface area contributed by atoms with Gasteiger partial charge in [-0.2, -0.15) is 5.10 Å². The monoisotopic (exact) mass is 391 g/mol. The molecule has 0 atom stereocenters. The Morgan fingerprint density at radius 3 is 2.66 bits per heavy atom. The van der Waals surface area contributed by atoms with Crippen molar-refractivity contribution in [2.45, 2.75) is 33.2 Å². The third-order valence-electron chi connectivity index (χ3n) is 5.71. The third kappa shape index (κ3) is 3.77. The van der Waals surface area contributed by atoms with Crippen LogP contribution in [-0.4, -0.2) is 63.7 Å². The molecule has 1 amide bonds. The van der Waals surface area contributed by atoms with Gasteiger partial charge in [0.15, 0.2) is 5.65 Å². The molecule has 4 rings (SSSR count). The van der Waals surface area contributed by atoms with E-state index in [4.69, 9.17) is 4.98 Å². The van der Waals surface area contributed by atoms with Gasteiger partial charge < -0.3 is 9.80 Å². The average molecular weight is 392 g/mol. The molecule has 1 saturated heterocycles. The maximum absolute atomic E-state index is 13.6. The molecule has 29 heavy (non-hydrogen) atoms. The standard InChI is InChI=1S/C23H29N5O/c1-16(2)28-22-20(15-24-28)19(23(29)27-11-7-10-26(4)12-13-27)14-21(25-22)18-9-6-5-8-17(18)3/h5-6,8-9,14-16H,7,10-13H2,1-4H3. The number of aromatic nitrogens is 3. The number of carbonyl (C=O) groups excluding carboxylic acids is 1. The Labute approximate surface area is 172 Å². The van der Waals surface area contributed by atoms with Crippen molar-refractivity contribution in [3.05, 3.63) is 47.7 Å². The second kappa shape index (κ2) is 7.95. The third-order valence-corrected chi connectivity index (χ3v) is 5.71. The molecule has 3 aromatic rings. The summed E-state index contributed by atoms with van der Waals surface area (Å²) >= 11 is 0. The van der Waals surface area contributed by atoms with Gasteiger partial charge in [0.2, 0.25) is 0 Å². The molecule has 1 aromatic carbocycles. The van der Waals surface area contributed by atoms with E-state index in [9.17, 15) is 4.79 Å². The van der Waals surface area contributed by atoms with Crippen LogP contribution in [0.4, 0.5) is 0 Å². The minimum atomic E-state index is 0.0749. The van der Waals surface area contributed by atoms with Gasteiger partial charge in [-0.25, -0.2) is 9.67 Å². The quantitative estimate of drug-likeness (QED) is 0.682. The van der Waals surface area contributed by atoms with Gasteiger partial charge in [-0.15, -0.1) is 0 Å². The van der Waals surface area contributed by atoms with Crippen LogP contribution in [-0.2, 0) is 0 Å². The smallest absolute Gasteiger partial charge is 0.254 e. The summed E-state index contributed by atoms with van der Waals surface area (Å²) < 4.78 is 1.91. The van der Waals surface area contributed by atoms with Crippen LogP contribution in [0.3, 0.4) is 0 Å². The molecule has 0 saturated carbocycles. The van der Waals surface area contributed by atoms with E-state index < -0.39 is 0 Å². The number of pyridine rings is 1. The number of fused-ring (bicyclic) bond motifs is 1. The van der Waals surface area contributed by atoms with Crippen molar-refractivity contribution in [2.75, 3.05) is 33.2 Å². The fourth-order valence-corrected chi connectivity index (χ4v) is 3.99. The Bertz CT molecular complexity index is 1040. The number of benzene rings is 1. The summed E-state index contributed by atoms with van der Waals surface area (Å²) in [6.07, 6.45) is 2.79. The number of carbonyl (C=O) groups is 1. The second-order valence-corrected chi connectivity index (χ2v) is 8.24. The van der Waals surface area contributed by atoms with Crippen LogP contribution in [0.5, 0.6) is 0 Å². The molecule has 0 bridgehead atoms. The number of rotatable bonds is 3. The van der Waals surface area contributed by atoms with Crippen LogP contribution >= 0.6 is 0 Å². The van der Waals surface area contributed by atoms with E-state index in [1.807, 2.05) is 27.8 Å². The zero-order valence-corrected chi connectivity index (χ0v) is 17.7. The van der Waals surface area contributed by atoms with Crippen molar-refractivity contribution in [3.8, 4) is 11.3 Å². The van der Waals surface area contributed by atoms with Crippen molar-refractivity contribution in [1.82, 2.24) is 24.6 Å². The van der Waals surface area contributed by atoms with E-state index >= 15 is 0 Å². The van der Waals surface area contributed by atoms with E-state index in [0.717, 1.165) is 60.5 Å².